The van der Waals surface area contributed by atoms with Crippen molar-refractivity contribution in [2.45, 2.75) is 25.1 Å². The van der Waals surface area contributed by atoms with Gasteiger partial charge in [-0.1, -0.05) is 30.3 Å². The molecule has 1 aromatic heterocycles. The standard InChI is InChI=1S/C25H27F3N4O2/c1-34-21-9-8-20(19-7-10-22(25(26,27)28)30-24(19)21)32-14-13-31(12-11-23(29)33)18(16-32)15-17-5-3-2-4-6-17/h2-10,18H,11-16H2,1H3,(H2,29,33). The summed E-state index contributed by atoms with van der Waals surface area (Å²) in [5, 5.41) is 0.608. The number of aromatic nitrogens is 1. The van der Waals surface area contributed by atoms with E-state index in [-0.39, 0.29) is 23.9 Å². The monoisotopic (exact) mass is 472 g/mol. The Morgan fingerprint density at radius 2 is 1.88 bits per heavy atom. The third-order valence-electron chi connectivity index (χ3n) is 6.21. The number of hydrogen-bond acceptors (Lipinski definition) is 5. The largest absolute Gasteiger partial charge is 0.494 e. The number of amides is 1. The zero-order chi connectivity index (χ0) is 24.3. The van der Waals surface area contributed by atoms with Gasteiger partial charge in [-0.3, -0.25) is 9.69 Å². The molecule has 0 saturated carbocycles. The zero-order valence-corrected chi connectivity index (χ0v) is 18.9. The van der Waals surface area contributed by atoms with Gasteiger partial charge in [0.15, 0.2) is 0 Å². The number of carbonyl (C=O) groups excluding carboxylic acids is 1. The topological polar surface area (TPSA) is 71.7 Å². The summed E-state index contributed by atoms with van der Waals surface area (Å²) in [6.45, 7) is 2.58. The molecule has 1 aliphatic heterocycles. The Balaban J connectivity index is 1.66. The number of anilines is 1. The fourth-order valence-corrected chi connectivity index (χ4v) is 4.52. The van der Waals surface area contributed by atoms with Crippen LogP contribution in [-0.2, 0) is 17.4 Å². The van der Waals surface area contributed by atoms with Gasteiger partial charge in [0.1, 0.15) is 17.0 Å². The Labute approximate surface area is 196 Å². The maximum Gasteiger partial charge on any atom is 0.433 e. The van der Waals surface area contributed by atoms with Gasteiger partial charge in [-0.05, 0) is 36.2 Å². The van der Waals surface area contributed by atoms with Crippen LogP contribution in [0.3, 0.4) is 0 Å². The molecule has 6 nitrogen and oxygen atoms in total. The molecule has 34 heavy (non-hydrogen) atoms. The van der Waals surface area contributed by atoms with Crippen LogP contribution in [0.5, 0.6) is 5.75 Å². The van der Waals surface area contributed by atoms with Crippen molar-refractivity contribution in [1.82, 2.24) is 9.88 Å². The Kier molecular flexibility index (Phi) is 6.92. The van der Waals surface area contributed by atoms with Crippen LogP contribution in [0.4, 0.5) is 18.9 Å². The summed E-state index contributed by atoms with van der Waals surface area (Å²) in [6, 6.07) is 16.2. The summed E-state index contributed by atoms with van der Waals surface area (Å²) in [4.78, 5) is 19.7. The van der Waals surface area contributed by atoms with E-state index in [0.717, 1.165) is 18.2 Å². The summed E-state index contributed by atoms with van der Waals surface area (Å²) in [5.41, 5.74) is 6.60. The van der Waals surface area contributed by atoms with Crippen LogP contribution >= 0.6 is 0 Å². The van der Waals surface area contributed by atoms with Crippen molar-refractivity contribution in [2.75, 3.05) is 38.2 Å². The number of halogens is 3. The van der Waals surface area contributed by atoms with Crippen molar-refractivity contribution < 1.29 is 22.7 Å². The Bertz CT molecular complexity index is 1150. The highest BCUT2D eigenvalue weighted by Gasteiger charge is 2.34. The number of nitrogens with two attached hydrogens (primary N) is 1. The normalized spacial score (nSPS) is 17.2. The van der Waals surface area contributed by atoms with E-state index in [1.807, 2.05) is 24.3 Å². The lowest BCUT2D eigenvalue weighted by atomic mass is 10.0. The average molecular weight is 473 g/mol. The maximum atomic E-state index is 13.3. The summed E-state index contributed by atoms with van der Waals surface area (Å²) in [7, 11) is 1.42. The highest BCUT2D eigenvalue weighted by molar-refractivity contribution is 5.96. The number of benzene rings is 2. The minimum atomic E-state index is -4.54. The van der Waals surface area contributed by atoms with Crippen LogP contribution in [-0.4, -0.2) is 55.1 Å². The van der Waals surface area contributed by atoms with Crippen LogP contribution < -0.4 is 15.4 Å². The van der Waals surface area contributed by atoms with Crippen LogP contribution in [0.25, 0.3) is 10.9 Å². The number of piperazine rings is 1. The molecule has 2 N–H and O–H groups in total. The minimum absolute atomic E-state index is 0.107. The lowest BCUT2D eigenvalue weighted by Gasteiger charge is -2.43. The fraction of sp³-hybridized carbons (Fsp3) is 0.360. The summed E-state index contributed by atoms with van der Waals surface area (Å²) < 4.78 is 45.2. The minimum Gasteiger partial charge on any atom is -0.494 e. The highest BCUT2D eigenvalue weighted by atomic mass is 19.4. The van der Waals surface area contributed by atoms with Gasteiger partial charge in [0.25, 0.3) is 0 Å². The number of alkyl halides is 3. The predicted octanol–water partition coefficient (Wildman–Crippen LogP) is 3.87. The molecule has 9 heteroatoms. The van der Waals surface area contributed by atoms with Crippen molar-refractivity contribution in [3.63, 3.8) is 0 Å². The zero-order valence-electron chi connectivity index (χ0n) is 18.9. The smallest absolute Gasteiger partial charge is 0.433 e. The van der Waals surface area contributed by atoms with E-state index in [1.54, 1.807) is 6.07 Å². The second-order valence-corrected chi connectivity index (χ2v) is 8.42. The molecule has 0 aliphatic carbocycles. The molecule has 1 amide bonds. The maximum absolute atomic E-state index is 13.3. The van der Waals surface area contributed by atoms with Gasteiger partial charge in [-0.15, -0.1) is 0 Å². The van der Waals surface area contributed by atoms with Crippen molar-refractivity contribution in [3.05, 3.63) is 65.9 Å². The Hall–Kier alpha value is -3.33. The van der Waals surface area contributed by atoms with Gasteiger partial charge in [0.05, 0.1) is 7.11 Å². The molecule has 3 aromatic rings. The number of carbonyl (C=O) groups is 1. The van der Waals surface area contributed by atoms with Crippen LogP contribution in [0.2, 0.25) is 0 Å². The summed E-state index contributed by atoms with van der Waals surface area (Å²) >= 11 is 0. The molecule has 0 bridgehead atoms. The molecule has 1 atom stereocenters. The highest BCUT2D eigenvalue weighted by Crippen LogP contribution is 2.37. The molecular formula is C25H27F3N4O2. The number of methoxy groups -OCH3 is 1. The third-order valence-corrected chi connectivity index (χ3v) is 6.21. The first kappa shape index (κ1) is 23.8. The summed E-state index contributed by atoms with van der Waals surface area (Å²) in [6.07, 6.45) is -3.48. The molecule has 1 unspecified atom stereocenters. The molecule has 0 spiro atoms. The molecule has 1 saturated heterocycles. The van der Waals surface area contributed by atoms with E-state index >= 15 is 0 Å². The van der Waals surface area contributed by atoms with Gasteiger partial charge >= 0.3 is 6.18 Å². The van der Waals surface area contributed by atoms with E-state index in [1.165, 1.54) is 18.7 Å². The van der Waals surface area contributed by atoms with E-state index < -0.39 is 11.9 Å². The lowest BCUT2D eigenvalue weighted by Crippen LogP contribution is -2.54. The molecule has 2 aromatic carbocycles. The fourth-order valence-electron chi connectivity index (χ4n) is 4.52. The SMILES string of the molecule is COc1ccc(N2CCN(CCC(N)=O)C(Cc3ccccc3)C2)c2ccc(C(F)(F)F)nc12. The first-order chi connectivity index (χ1) is 16.3. The van der Waals surface area contributed by atoms with E-state index in [9.17, 15) is 18.0 Å². The Morgan fingerprint density at radius 3 is 2.56 bits per heavy atom. The molecule has 1 fully saturated rings. The van der Waals surface area contributed by atoms with E-state index in [4.69, 9.17) is 10.5 Å². The molecule has 1 aliphatic rings. The quantitative estimate of drug-likeness (QED) is 0.565. The molecule has 4 rings (SSSR count). The van der Waals surface area contributed by atoms with E-state index in [2.05, 4.69) is 26.9 Å². The van der Waals surface area contributed by atoms with Crippen molar-refractivity contribution >= 4 is 22.5 Å². The van der Waals surface area contributed by atoms with Gasteiger partial charge < -0.3 is 15.4 Å². The number of fused-ring (bicyclic) bond motifs is 1. The predicted molar refractivity (Wildman–Crippen MR) is 125 cm³/mol. The summed E-state index contributed by atoms with van der Waals surface area (Å²) in [5.74, 6) is -0.0423. The van der Waals surface area contributed by atoms with Crippen LogP contribution in [0, 0.1) is 0 Å². The van der Waals surface area contributed by atoms with Crippen LogP contribution in [0.1, 0.15) is 17.7 Å². The second-order valence-electron chi connectivity index (χ2n) is 8.42. The second kappa shape index (κ2) is 9.89. The van der Waals surface area contributed by atoms with Gasteiger partial charge in [-0.25, -0.2) is 4.98 Å². The van der Waals surface area contributed by atoms with Gasteiger partial charge in [0.2, 0.25) is 5.91 Å². The first-order valence-electron chi connectivity index (χ1n) is 11.1. The van der Waals surface area contributed by atoms with E-state index in [0.29, 0.717) is 37.3 Å². The number of primary amides is 1. The Morgan fingerprint density at radius 1 is 1.12 bits per heavy atom. The third kappa shape index (κ3) is 5.25. The average Bonchev–Trinajstić information content (AvgIpc) is 2.82. The number of nitrogens with zero attached hydrogens (tertiary/aromatic N) is 3. The van der Waals surface area contributed by atoms with Gasteiger partial charge in [-0.2, -0.15) is 13.2 Å². The molecular weight excluding hydrogens is 445 g/mol. The van der Waals surface area contributed by atoms with Crippen molar-refractivity contribution in [3.8, 4) is 5.75 Å². The number of ether oxygens (including phenoxy) is 1. The lowest BCUT2D eigenvalue weighted by molar-refractivity contribution is -0.141. The molecule has 2 heterocycles. The number of rotatable bonds is 7. The van der Waals surface area contributed by atoms with Crippen molar-refractivity contribution in [2.24, 2.45) is 5.73 Å². The molecule has 180 valence electrons. The number of pyridine rings is 1. The van der Waals surface area contributed by atoms with Gasteiger partial charge in [0, 0.05) is 49.7 Å². The molecule has 0 radical (unpaired) electrons. The van der Waals surface area contributed by atoms with Crippen LogP contribution in [0.15, 0.2) is 54.6 Å². The number of hydrogen-bond donors (Lipinski definition) is 1. The van der Waals surface area contributed by atoms with Crippen molar-refractivity contribution in [1.29, 1.82) is 0 Å². The first-order valence-corrected chi connectivity index (χ1v) is 11.1.